The average Bonchev–Trinajstić information content (AvgIpc) is 3.51. The van der Waals surface area contributed by atoms with Crippen molar-refractivity contribution >= 4 is 17.0 Å². The quantitative estimate of drug-likeness (QED) is 0.505. The van der Waals surface area contributed by atoms with Crippen molar-refractivity contribution in [2.45, 2.75) is 19.3 Å². The molecule has 0 saturated heterocycles. The highest BCUT2D eigenvalue weighted by Gasteiger charge is 2.20. The summed E-state index contributed by atoms with van der Waals surface area (Å²) in [5, 5.41) is 4.21. The van der Waals surface area contributed by atoms with E-state index >= 15 is 0 Å². The molecule has 0 saturated carbocycles. The predicted octanol–water partition coefficient (Wildman–Crippen LogP) is 3.13. The van der Waals surface area contributed by atoms with E-state index in [1.807, 2.05) is 24.3 Å². The Hall–Kier alpha value is -4.07. The fourth-order valence-corrected chi connectivity index (χ4v) is 4.13. The Morgan fingerprint density at radius 1 is 0.967 bits per heavy atom. The first-order valence-corrected chi connectivity index (χ1v) is 9.85. The first-order chi connectivity index (χ1) is 14.8. The number of fused-ring (bicyclic) bond motifs is 2. The maximum atomic E-state index is 6.21. The highest BCUT2D eigenvalue weighted by molar-refractivity contribution is 5.83. The van der Waals surface area contributed by atoms with Crippen molar-refractivity contribution in [3.8, 4) is 22.9 Å². The number of rotatable bonds is 3. The van der Waals surface area contributed by atoms with Crippen molar-refractivity contribution in [1.29, 1.82) is 0 Å². The molecule has 146 valence electrons. The molecule has 1 aromatic carbocycles. The smallest absolute Gasteiger partial charge is 0.167 e. The van der Waals surface area contributed by atoms with Crippen LogP contribution in [-0.2, 0) is 12.8 Å². The number of hydrogen-bond acceptors (Lipinski definition) is 6. The third kappa shape index (κ3) is 2.57. The molecule has 1 aliphatic rings. The molecule has 8 nitrogen and oxygen atoms in total. The predicted molar refractivity (Wildman–Crippen MR) is 113 cm³/mol. The van der Waals surface area contributed by atoms with Gasteiger partial charge in [-0.2, -0.15) is 5.10 Å². The standard InChI is InChI=1S/C22H18N8/c23-20-17(5-2-10-25-20)21-27-18-8-9-19(29-13-24-12-26-29)28-22(18)30(21)16-7-6-14-3-1-4-15(14)11-16/h2,5-13H,1,3-4H2,(H2,23,25). The van der Waals surface area contributed by atoms with Crippen LogP contribution in [0.1, 0.15) is 17.5 Å². The molecule has 5 aromatic rings. The molecule has 2 N–H and O–H groups in total. The fraction of sp³-hybridized carbons (Fsp3) is 0.136. The molecule has 0 aliphatic heterocycles. The third-order valence-corrected chi connectivity index (χ3v) is 5.56. The normalized spacial score (nSPS) is 13.1. The van der Waals surface area contributed by atoms with E-state index in [4.69, 9.17) is 15.7 Å². The summed E-state index contributed by atoms with van der Waals surface area (Å²) in [6, 6.07) is 14.2. The molecule has 0 bridgehead atoms. The maximum absolute atomic E-state index is 6.21. The van der Waals surface area contributed by atoms with Gasteiger partial charge >= 0.3 is 0 Å². The Morgan fingerprint density at radius 3 is 2.77 bits per heavy atom. The van der Waals surface area contributed by atoms with Gasteiger partial charge in [0, 0.05) is 11.9 Å². The van der Waals surface area contributed by atoms with Crippen LogP contribution in [-0.4, -0.2) is 34.3 Å². The SMILES string of the molecule is Nc1ncccc1-c1nc2ccc(-n3cncn3)nc2n1-c1ccc2c(c1)CCC2. The Labute approximate surface area is 172 Å². The van der Waals surface area contributed by atoms with Gasteiger partial charge in [-0.1, -0.05) is 6.07 Å². The molecule has 8 heteroatoms. The van der Waals surface area contributed by atoms with E-state index in [-0.39, 0.29) is 0 Å². The molecular weight excluding hydrogens is 376 g/mol. The van der Waals surface area contributed by atoms with Crippen LogP contribution in [0.3, 0.4) is 0 Å². The van der Waals surface area contributed by atoms with E-state index in [9.17, 15) is 0 Å². The van der Waals surface area contributed by atoms with Crippen LogP contribution in [0.5, 0.6) is 0 Å². The Morgan fingerprint density at radius 2 is 1.90 bits per heavy atom. The summed E-state index contributed by atoms with van der Waals surface area (Å²) in [4.78, 5) is 18.0. The summed E-state index contributed by atoms with van der Waals surface area (Å²) in [7, 11) is 0. The largest absolute Gasteiger partial charge is 0.383 e. The summed E-state index contributed by atoms with van der Waals surface area (Å²) in [5.74, 6) is 1.83. The van der Waals surface area contributed by atoms with E-state index in [1.54, 1.807) is 17.2 Å². The van der Waals surface area contributed by atoms with Crippen LogP contribution in [0.25, 0.3) is 34.1 Å². The zero-order valence-corrected chi connectivity index (χ0v) is 16.1. The molecular formula is C22H18N8. The number of pyridine rings is 2. The number of imidazole rings is 1. The summed E-state index contributed by atoms with van der Waals surface area (Å²) in [6.45, 7) is 0. The lowest BCUT2D eigenvalue weighted by molar-refractivity contribution is 0.847. The van der Waals surface area contributed by atoms with Gasteiger partial charge in [0.1, 0.15) is 24.0 Å². The summed E-state index contributed by atoms with van der Waals surface area (Å²) in [6.07, 6.45) is 8.23. The number of nitrogen functional groups attached to an aromatic ring is 1. The average molecular weight is 394 g/mol. The monoisotopic (exact) mass is 394 g/mol. The van der Waals surface area contributed by atoms with Gasteiger partial charge in [-0.3, -0.25) is 4.57 Å². The molecule has 0 spiro atoms. The lowest BCUT2D eigenvalue weighted by Crippen LogP contribution is -2.04. The minimum Gasteiger partial charge on any atom is -0.383 e. The van der Waals surface area contributed by atoms with Crippen LogP contribution in [0.4, 0.5) is 5.82 Å². The second kappa shape index (κ2) is 6.48. The minimum atomic E-state index is 0.437. The van der Waals surface area contributed by atoms with Gasteiger partial charge in [0.15, 0.2) is 17.3 Å². The number of nitrogens with zero attached hydrogens (tertiary/aromatic N) is 7. The Bertz CT molecular complexity index is 1380. The lowest BCUT2D eigenvalue weighted by atomic mass is 10.1. The molecule has 0 unspecified atom stereocenters. The van der Waals surface area contributed by atoms with Crippen molar-refractivity contribution in [3.63, 3.8) is 0 Å². The molecule has 0 radical (unpaired) electrons. The van der Waals surface area contributed by atoms with E-state index in [2.05, 4.69) is 37.8 Å². The van der Waals surface area contributed by atoms with Crippen LogP contribution < -0.4 is 5.73 Å². The second-order valence-corrected chi connectivity index (χ2v) is 7.37. The zero-order chi connectivity index (χ0) is 20.1. The molecule has 0 fully saturated rings. The summed E-state index contributed by atoms with van der Waals surface area (Å²) >= 11 is 0. The van der Waals surface area contributed by atoms with Gasteiger partial charge in [0.05, 0.1) is 5.56 Å². The highest BCUT2D eigenvalue weighted by atomic mass is 15.3. The summed E-state index contributed by atoms with van der Waals surface area (Å²) < 4.78 is 3.69. The van der Waals surface area contributed by atoms with Gasteiger partial charge in [0.2, 0.25) is 0 Å². The Balaban J connectivity index is 1.65. The number of nitrogens with two attached hydrogens (primary N) is 1. The number of benzene rings is 1. The van der Waals surface area contributed by atoms with E-state index in [0.717, 1.165) is 41.1 Å². The molecule has 1 aliphatic carbocycles. The number of aryl methyl sites for hydroxylation is 2. The highest BCUT2D eigenvalue weighted by Crippen LogP contribution is 2.32. The van der Waals surface area contributed by atoms with E-state index in [1.165, 1.54) is 23.9 Å². The molecule has 0 amide bonds. The number of anilines is 1. The molecule has 4 aromatic heterocycles. The van der Waals surface area contributed by atoms with Gasteiger partial charge in [-0.05, 0) is 66.8 Å². The van der Waals surface area contributed by atoms with Gasteiger partial charge in [-0.15, -0.1) is 0 Å². The summed E-state index contributed by atoms with van der Waals surface area (Å²) in [5.41, 5.74) is 12.3. The number of aromatic nitrogens is 7. The van der Waals surface area contributed by atoms with Gasteiger partial charge in [-0.25, -0.2) is 24.6 Å². The van der Waals surface area contributed by atoms with E-state index in [0.29, 0.717) is 11.6 Å². The van der Waals surface area contributed by atoms with Crippen LogP contribution in [0.15, 0.2) is 61.3 Å². The van der Waals surface area contributed by atoms with Crippen molar-refractivity contribution in [3.05, 3.63) is 72.4 Å². The third-order valence-electron chi connectivity index (χ3n) is 5.56. The van der Waals surface area contributed by atoms with Gasteiger partial charge < -0.3 is 5.73 Å². The Kier molecular flexibility index (Phi) is 3.64. The van der Waals surface area contributed by atoms with Crippen LogP contribution >= 0.6 is 0 Å². The van der Waals surface area contributed by atoms with Crippen molar-refractivity contribution in [1.82, 2.24) is 34.3 Å². The zero-order valence-electron chi connectivity index (χ0n) is 16.1. The van der Waals surface area contributed by atoms with Crippen molar-refractivity contribution < 1.29 is 0 Å². The van der Waals surface area contributed by atoms with Gasteiger partial charge in [0.25, 0.3) is 0 Å². The maximum Gasteiger partial charge on any atom is 0.167 e. The topological polar surface area (TPSA) is 100 Å². The number of hydrogen-bond donors (Lipinski definition) is 1. The first kappa shape index (κ1) is 16.8. The molecule has 4 heterocycles. The minimum absolute atomic E-state index is 0.437. The molecule has 30 heavy (non-hydrogen) atoms. The van der Waals surface area contributed by atoms with Crippen LogP contribution in [0.2, 0.25) is 0 Å². The van der Waals surface area contributed by atoms with Crippen molar-refractivity contribution in [2.24, 2.45) is 0 Å². The van der Waals surface area contributed by atoms with Crippen LogP contribution in [0, 0.1) is 0 Å². The first-order valence-electron chi connectivity index (χ1n) is 9.85. The molecule has 6 rings (SSSR count). The lowest BCUT2D eigenvalue weighted by Gasteiger charge is -2.12. The van der Waals surface area contributed by atoms with Crippen molar-refractivity contribution in [2.75, 3.05) is 5.73 Å². The molecule has 0 atom stereocenters. The fourth-order valence-electron chi connectivity index (χ4n) is 4.13. The second-order valence-electron chi connectivity index (χ2n) is 7.37. The van der Waals surface area contributed by atoms with E-state index < -0.39 is 0 Å².